The van der Waals surface area contributed by atoms with Crippen LogP contribution in [0.5, 0.6) is 5.75 Å². The van der Waals surface area contributed by atoms with Gasteiger partial charge in [-0.2, -0.15) is 0 Å². The number of rotatable bonds is 5. The maximum absolute atomic E-state index is 13.6. The van der Waals surface area contributed by atoms with Gasteiger partial charge in [0.05, 0.1) is 7.11 Å². The molecule has 100 valence electrons. The number of benzene rings is 1. The van der Waals surface area contributed by atoms with Gasteiger partial charge in [0.15, 0.2) is 0 Å². The lowest BCUT2D eigenvalue weighted by atomic mass is 9.95. The van der Waals surface area contributed by atoms with Crippen molar-refractivity contribution in [1.82, 2.24) is 0 Å². The topological polar surface area (TPSA) is 35.2 Å². The second kappa shape index (κ2) is 4.50. The van der Waals surface area contributed by atoms with E-state index in [1.807, 2.05) is 0 Å². The Kier molecular flexibility index (Phi) is 3.32. The van der Waals surface area contributed by atoms with E-state index in [0.29, 0.717) is 17.7 Å². The van der Waals surface area contributed by atoms with E-state index in [-0.39, 0.29) is 11.1 Å². The van der Waals surface area contributed by atoms with Crippen molar-refractivity contribution in [3.63, 3.8) is 0 Å². The van der Waals surface area contributed by atoms with E-state index >= 15 is 0 Å². The fraction of sp³-hybridized carbons (Fsp3) is 0.571. The van der Waals surface area contributed by atoms with Crippen LogP contribution in [0.3, 0.4) is 0 Å². The summed E-state index contributed by atoms with van der Waals surface area (Å²) < 4.78 is 32.4. The van der Waals surface area contributed by atoms with Crippen molar-refractivity contribution in [2.45, 2.75) is 44.1 Å². The Morgan fingerprint density at radius 1 is 1.39 bits per heavy atom. The van der Waals surface area contributed by atoms with E-state index in [9.17, 15) is 8.78 Å². The van der Waals surface area contributed by atoms with Crippen LogP contribution in [-0.4, -0.2) is 12.6 Å². The quantitative estimate of drug-likeness (QED) is 0.876. The molecule has 2 rings (SSSR count). The van der Waals surface area contributed by atoms with E-state index < -0.39 is 5.92 Å². The first-order chi connectivity index (χ1) is 8.36. The molecule has 0 amide bonds. The highest BCUT2D eigenvalue weighted by Crippen LogP contribution is 2.40. The molecule has 18 heavy (non-hydrogen) atoms. The Bertz CT molecular complexity index is 436. The molecule has 1 aromatic carbocycles. The third-order valence-corrected chi connectivity index (χ3v) is 3.59. The lowest BCUT2D eigenvalue weighted by Crippen LogP contribution is -2.23. The van der Waals surface area contributed by atoms with Gasteiger partial charge in [0, 0.05) is 23.6 Å². The van der Waals surface area contributed by atoms with E-state index in [1.165, 1.54) is 13.2 Å². The molecule has 0 spiro atoms. The summed E-state index contributed by atoms with van der Waals surface area (Å²) in [7, 11) is 1.51. The van der Waals surface area contributed by atoms with Gasteiger partial charge in [0.1, 0.15) is 5.75 Å². The molecule has 1 aliphatic carbocycles. The van der Waals surface area contributed by atoms with Crippen LogP contribution in [-0.2, 0) is 12.3 Å². The summed E-state index contributed by atoms with van der Waals surface area (Å²) in [5.41, 5.74) is 6.51. The molecule has 2 N–H and O–H groups in total. The molecule has 1 saturated carbocycles. The summed E-state index contributed by atoms with van der Waals surface area (Å²) >= 11 is 0. The average Bonchev–Trinajstić information content (AvgIpc) is 3.03. The van der Waals surface area contributed by atoms with Gasteiger partial charge in [0.2, 0.25) is 0 Å². The first kappa shape index (κ1) is 13.3. The van der Waals surface area contributed by atoms with Gasteiger partial charge in [-0.25, -0.2) is 8.78 Å². The molecule has 0 radical (unpaired) electrons. The fourth-order valence-corrected chi connectivity index (χ4v) is 2.21. The zero-order valence-corrected chi connectivity index (χ0v) is 10.8. The Morgan fingerprint density at radius 3 is 2.56 bits per heavy atom. The van der Waals surface area contributed by atoms with Crippen LogP contribution in [0.4, 0.5) is 8.78 Å². The number of hydrogen-bond donors (Lipinski definition) is 1. The molecule has 0 unspecified atom stereocenters. The molecule has 0 atom stereocenters. The van der Waals surface area contributed by atoms with E-state index in [4.69, 9.17) is 10.5 Å². The van der Waals surface area contributed by atoms with Gasteiger partial charge >= 0.3 is 0 Å². The van der Waals surface area contributed by atoms with Crippen molar-refractivity contribution in [2.24, 2.45) is 5.73 Å². The van der Waals surface area contributed by atoms with Crippen molar-refractivity contribution in [3.8, 4) is 5.75 Å². The molecule has 1 fully saturated rings. The summed E-state index contributed by atoms with van der Waals surface area (Å²) in [5.74, 6) is -2.33. The van der Waals surface area contributed by atoms with Crippen LogP contribution in [0.1, 0.15) is 37.3 Å². The molecule has 2 nitrogen and oxygen atoms in total. The highest BCUT2D eigenvalue weighted by atomic mass is 19.3. The normalized spacial score (nSPS) is 17.6. The maximum atomic E-state index is 13.6. The average molecular weight is 255 g/mol. The standard InChI is InChI=1S/C14H19F2NO/c1-13(15,16)11-4-3-5-12(18-2)10(11)6-7-14(17)8-9-14/h3-5H,6-9,17H2,1-2H3. The van der Waals surface area contributed by atoms with Crippen LogP contribution in [0.25, 0.3) is 0 Å². The SMILES string of the molecule is COc1cccc(C(C)(F)F)c1CCC1(N)CC1. The Hall–Kier alpha value is -1.16. The third-order valence-electron chi connectivity index (χ3n) is 3.59. The highest BCUT2D eigenvalue weighted by Gasteiger charge is 2.38. The second-order valence-electron chi connectivity index (χ2n) is 5.24. The smallest absolute Gasteiger partial charge is 0.270 e. The van der Waals surface area contributed by atoms with Gasteiger partial charge < -0.3 is 10.5 Å². The third kappa shape index (κ3) is 2.80. The first-order valence-electron chi connectivity index (χ1n) is 6.19. The molecular weight excluding hydrogens is 236 g/mol. The number of ether oxygens (including phenoxy) is 1. The van der Waals surface area contributed by atoms with Crippen LogP contribution in [0.2, 0.25) is 0 Å². The van der Waals surface area contributed by atoms with Crippen molar-refractivity contribution < 1.29 is 13.5 Å². The summed E-state index contributed by atoms with van der Waals surface area (Å²) in [6.07, 6.45) is 3.25. The second-order valence-corrected chi connectivity index (χ2v) is 5.24. The van der Waals surface area contributed by atoms with Crippen LogP contribution >= 0.6 is 0 Å². The number of halogens is 2. The predicted octanol–water partition coefficient (Wildman–Crippen LogP) is 3.23. The number of alkyl halides is 2. The monoisotopic (exact) mass is 255 g/mol. The number of nitrogens with two attached hydrogens (primary N) is 1. The van der Waals surface area contributed by atoms with E-state index in [2.05, 4.69) is 0 Å². The molecule has 4 heteroatoms. The van der Waals surface area contributed by atoms with Gasteiger partial charge in [-0.3, -0.25) is 0 Å². The number of hydrogen-bond acceptors (Lipinski definition) is 2. The van der Waals surface area contributed by atoms with Gasteiger partial charge in [0.25, 0.3) is 5.92 Å². The van der Waals surface area contributed by atoms with Crippen LogP contribution in [0.15, 0.2) is 18.2 Å². The van der Waals surface area contributed by atoms with Crippen molar-refractivity contribution in [1.29, 1.82) is 0 Å². The minimum atomic E-state index is -2.85. The molecule has 0 aliphatic heterocycles. The van der Waals surface area contributed by atoms with Gasteiger partial charge in [-0.1, -0.05) is 12.1 Å². The minimum absolute atomic E-state index is 0.0473. The molecule has 0 bridgehead atoms. The zero-order chi connectivity index (χ0) is 13.4. The Balaban J connectivity index is 2.28. The Morgan fingerprint density at radius 2 is 2.06 bits per heavy atom. The molecule has 0 aromatic heterocycles. The molecule has 1 aromatic rings. The maximum Gasteiger partial charge on any atom is 0.270 e. The zero-order valence-electron chi connectivity index (χ0n) is 10.8. The Labute approximate surface area is 106 Å². The lowest BCUT2D eigenvalue weighted by molar-refractivity contribution is 0.0162. The summed E-state index contributed by atoms with van der Waals surface area (Å²) in [6, 6.07) is 4.79. The molecule has 0 saturated heterocycles. The molecule has 0 heterocycles. The fourth-order valence-electron chi connectivity index (χ4n) is 2.21. The van der Waals surface area contributed by atoms with Gasteiger partial charge in [-0.15, -0.1) is 0 Å². The highest BCUT2D eigenvalue weighted by molar-refractivity contribution is 5.42. The summed E-state index contributed by atoms with van der Waals surface area (Å²) in [6.45, 7) is 0.917. The first-order valence-corrected chi connectivity index (χ1v) is 6.19. The van der Waals surface area contributed by atoms with E-state index in [0.717, 1.165) is 26.2 Å². The lowest BCUT2D eigenvalue weighted by Gasteiger charge is -2.19. The van der Waals surface area contributed by atoms with E-state index in [1.54, 1.807) is 12.1 Å². The summed E-state index contributed by atoms with van der Waals surface area (Å²) in [5, 5.41) is 0. The molecular formula is C14H19F2NO. The van der Waals surface area contributed by atoms with Crippen LogP contribution in [0, 0.1) is 0 Å². The van der Waals surface area contributed by atoms with Crippen molar-refractivity contribution in [2.75, 3.05) is 7.11 Å². The number of methoxy groups -OCH3 is 1. The van der Waals surface area contributed by atoms with Crippen molar-refractivity contribution in [3.05, 3.63) is 29.3 Å². The summed E-state index contributed by atoms with van der Waals surface area (Å²) in [4.78, 5) is 0. The van der Waals surface area contributed by atoms with Crippen LogP contribution < -0.4 is 10.5 Å². The largest absolute Gasteiger partial charge is 0.496 e. The minimum Gasteiger partial charge on any atom is -0.496 e. The van der Waals surface area contributed by atoms with Gasteiger partial charge in [-0.05, 0) is 31.7 Å². The van der Waals surface area contributed by atoms with Crippen molar-refractivity contribution >= 4 is 0 Å². The predicted molar refractivity (Wildman–Crippen MR) is 67.0 cm³/mol. The molecule has 1 aliphatic rings.